The highest BCUT2D eigenvalue weighted by Crippen LogP contribution is 2.34. The minimum atomic E-state index is -0.0508. The topological polar surface area (TPSA) is 73.6 Å². The average Bonchev–Trinajstić information content (AvgIpc) is 2.94. The van der Waals surface area contributed by atoms with Gasteiger partial charge in [0.2, 0.25) is 12.7 Å². The minimum absolute atomic E-state index is 0. The van der Waals surface area contributed by atoms with E-state index in [0.29, 0.717) is 0 Å². The van der Waals surface area contributed by atoms with E-state index < -0.39 is 0 Å². The van der Waals surface area contributed by atoms with Crippen molar-refractivity contribution in [2.45, 2.75) is 44.7 Å². The number of carbonyl (C=O) groups is 1. The second-order valence-electron chi connectivity index (χ2n) is 5.97. The van der Waals surface area contributed by atoms with E-state index in [0.717, 1.165) is 42.7 Å². The molecule has 3 unspecified atom stereocenters. The van der Waals surface area contributed by atoms with Crippen LogP contribution in [-0.4, -0.2) is 18.7 Å². The fourth-order valence-electron chi connectivity index (χ4n) is 3.06. The maximum atomic E-state index is 12.3. The van der Waals surface area contributed by atoms with Crippen molar-refractivity contribution in [3.05, 3.63) is 23.8 Å². The Labute approximate surface area is 137 Å². The van der Waals surface area contributed by atoms with E-state index in [1.54, 1.807) is 0 Å². The summed E-state index contributed by atoms with van der Waals surface area (Å²) in [6.45, 7) is 2.25. The average molecular weight is 327 g/mol. The van der Waals surface area contributed by atoms with Crippen molar-refractivity contribution in [1.82, 2.24) is 5.32 Å². The van der Waals surface area contributed by atoms with Crippen LogP contribution in [0.3, 0.4) is 0 Å². The van der Waals surface area contributed by atoms with Crippen LogP contribution in [0.1, 0.15) is 44.2 Å². The molecule has 1 fully saturated rings. The lowest BCUT2D eigenvalue weighted by molar-refractivity contribution is -0.126. The molecule has 6 heteroatoms. The quantitative estimate of drug-likeness (QED) is 0.895. The molecule has 22 heavy (non-hydrogen) atoms. The Kier molecular flexibility index (Phi) is 5.53. The molecule has 1 aromatic rings. The monoisotopic (exact) mass is 326 g/mol. The molecular formula is C16H23ClN2O3. The number of amides is 1. The molecule has 5 nitrogen and oxygen atoms in total. The van der Waals surface area contributed by atoms with Gasteiger partial charge in [-0.1, -0.05) is 12.5 Å². The van der Waals surface area contributed by atoms with Gasteiger partial charge in [0, 0.05) is 12.0 Å². The first-order chi connectivity index (χ1) is 10.1. The summed E-state index contributed by atoms with van der Waals surface area (Å²) in [5.74, 6) is 1.66. The van der Waals surface area contributed by atoms with Gasteiger partial charge in [0.15, 0.2) is 11.5 Å². The standard InChI is InChI=1S/C16H22N2O3.ClH/c1-10(11-5-6-14-15(8-11)21-9-20-14)18-16(19)12-3-2-4-13(17)7-12;/h5-6,8,10,12-13H,2-4,7,9,17H2,1H3,(H,18,19);1H. The molecule has 0 spiro atoms. The molecule has 0 radical (unpaired) electrons. The van der Waals surface area contributed by atoms with Gasteiger partial charge in [-0.15, -0.1) is 12.4 Å². The van der Waals surface area contributed by atoms with Crippen molar-refractivity contribution < 1.29 is 14.3 Å². The molecule has 3 atom stereocenters. The Hall–Kier alpha value is -1.46. The lowest BCUT2D eigenvalue weighted by Gasteiger charge is -2.27. The highest BCUT2D eigenvalue weighted by molar-refractivity contribution is 5.85. The molecule has 1 saturated carbocycles. The lowest BCUT2D eigenvalue weighted by atomic mass is 9.85. The molecule has 3 N–H and O–H groups in total. The van der Waals surface area contributed by atoms with E-state index in [2.05, 4.69) is 5.32 Å². The summed E-state index contributed by atoms with van der Waals surface area (Å²) >= 11 is 0. The van der Waals surface area contributed by atoms with Crippen LogP contribution in [0.4, 0.5) is 0 Å². The van der Waals surface area contributed by atoms with Crippen molar-refractivity contribution in [1.29, 1.82) is 0 Å². The minimum Gasteiger partial charge on any atom is -0.454 e. The first-order valence-corrected chi connectivity index (χ1v) is 7.59. The van der Waals surface area contributed by atoms with Crippen LogP contribution in [0, 0.1) is 5.92 Å². The number of nitrogens with one attached hydrogen (secondary N) is 1. The third kappa shape index (κ3) is 3.65. The molecule has 1 aliphatic carbocycles. The lowest BCUT2D eigenvalue weighted by Crippen LogP contribution is -2.38. The Morgan fingerprint density at radius 3 is 2.86 bits per heavy atom. The fourth-order valence-corrected chi connectivity index (χ4v) is 3.06. The number of fused-ring (bicyclic) bond motifs is 1. The van der Waals surface area contributed by atoms with Crippen LogP contribution in [0.2, 0.25) is 0 Å². The summed E-state index contributed by atoms with van der Waals surface area (Å²) in [5, 5.41) is 3.09. The van der Waals surface area contributed by atoms with Gasteiger partial charge < -0.3 is 20.5 Å². The maximum absolute atomic E-state index is 12.3. The number of carbonyl (C=O) groups excluding carboxylic acids is 1. The van der Waals surface area contributed by atoms with Gasteiger partial charge in [0.25, 0.3) is 0 Å². The number of nitrogens with two attached hydrogens (primary N) is 1. The van der Waals surface area contributed by atoms with E-state index >= 15 is 0 Å². The number of hydrogen-bond donors (Lipinski definition) is 2. The first kappa shape index (κ1) is 16.9. The Morgan fingerprint density at radius 2 is 2.09 bits per heavy atom. The molecule has 122 valence electrons. The van der Waals surface area contributed by atoms with Crippen LogP contribution in [0.5, 0.6) is 11.5 Å². The van der Waals surface area contributed by atoms with Crippen LogP contribution in [0.25, 0.3) is 0 Å². The number of hydrogen-bond acceptors (Lipinski definition) is 4. The zero-order valence-corrected chi connectivity index (χ0v) is 13.5. The van der Waals surface area contributed by atoms with E-state index in [1.807, 2.05) is 25.1 Å². The molecule has 0 saturated heterocycles. The third-order valence-electron chi connectivity index (χ3n) is 4.34. The van der Waals surface area contributed by atoms with Crippen LogP contribution >= 0.6 is 12.4 Å². The van der Waals surface area contributed by atoms with Gasteiger partial charge >= 0.3 is 0 Å². The summed E-state index contributed by atoms with van der Waals surface area (Å²) in [5.41, 5.74) is 6.98. The van der Waals surface area contributed by atoms with Gasteiger partial charge in [-0.3, -0.25) is 4.79 Å². The Balaban J connectivity index is 0.00000176. The number of benzene rings is 1. The number of halogens is 1. The maximum Gasteiger partial charge on any atom is 0.231 e. The summed E-state index contributed by atoms with van der Waals surface area (Å²) in [6.07, 6.45) is 3.80. The van der Waals surface area contributed by atoms with Crippen molar-refractivity contribution in [3.63, 3.8) is 0 Å². The molecule has 1 heterocycles. The fraction of sp³-hybridized carbons (Fsp3) is 0.562. The molecule has 1 aromatic carbocycles. The SMILES string of the molecule is CC(NC(=O)C1CCCC(N)C1)c1ccc2c(c1)OCO2.Cl. The van der Waals surface area contributed by atoms with Crippen molar-refractivity contribution >= 4 is 18.3 Å². The largest absolute Gasteiger partial charge is 0.454 e. The van der Waals surface area contributed by atoms with Gasteiger partial charge in [0.1, 0.15) is 0 Å². The van der Waals surface area contributed by atoms with E-state index in [9.17, 15) is 4.79 Å². The van der Waals surface area contributed by atoms with Crippen LogP contribution < -0.4 is 20.5 Å². The van der Waals surface area contributed by atoms with Crippen LogP contribution in [0.15, 0.2) is 18.2 Å². The van der Waals surface area contributed by atoms with Gasteiger partial charge in [0.05, 0.1) is 6.04 Å². The van der Waals surface area contributed by atoms with E-state index in [1.165, 1.54) is 0 Å². The zero-order chi connectivity index (χ0) is 14.8. The summed E-state index contributed by atoms with van der Waals surface area (Å²) in [7, 11) is 0. The van der Waals surface area contributed by atoms with Gasteiger partial charge in [-0.2, -0.15) is 0 Å². The van der Waals surface area contributed by atoms with Crippen molar-refractivity contribution in [3.8, 4) is 11.5 Å². The molecule has 3 rings (SSSR count). The van der Waals surface area contributed by atoms with Crippen LogP contribution in [-0.2, 0) is 4.79 Å². The predicted molar refractivity (Wildman–Crippen MR) is 86.3 cm³/mol. The molecule has 0 aromatic heterocycles. The highest BCUT2D eigenvalue weighted by Gasteiger charge is 2.26. The van der Waals surface area contributed by atoms with E-state index in [-0.39, 0.29) is 43.1 Å². The molecule has 0 bridgehead atoms. The molecule has 1 amide bonds. The smallest absolute Gasteiger partial charge is 0.231 e. The summed E-state index contributed by atoms with van der Waals surface area (Å²) in [4.78, 5) is 12.3. The molecule has 1 aliphatic heterocycles. The third-order valence-corrected chi connectivity index (χ3v) is 4.34. The number of ether oxygens (including phenoxy) is 2. The van der Waals surface area contributed by atoms with Crippen molar-refractivity contribution in [2.24, 2.45) is 11.7 Å². The summed E-state index contributed by atoms with van der Waals surface area (Å²) in [6, 6.07) is 5.89. The van der Waals surface area contributed by atoms with Crippen molar-refractivity contribution in [2.75, 3.05) is 6.79 Å². The molecule has 2 aliphatic rings. The first-order valence-electron chi connectivity index (χ1n) is 7.59. The highest BCUT2D eigenvalue weighted by atomic mass is 35.5. The second kappa shape index (κ2) is 7.20. The Bertz CT molecular complexity index is 538. The summed E-state index contributed by atoms with van der Waals surface area (Å²) < 4.78 is 10.7. The second-order valence-corrected chi connectivity index (χ2v) is 5.97. The zero-order valence-electron chi connectivity index (χ0n) is 12.7. The Morgan fingerprint density at radius 1 is 1.32 bits per heavy atom. The normalized spacial score (nSPS) is 24.3. The van der Waals surface area contributed by atoms with Gasteiger partial charge in [-0.05, 0) is 43.9 Å². The number of rotatable bonds is 3. The van der Waals surface area contributed by atoms with E-state index in [4.69, 9.17) is 15.2 Å². The van der Waals surface area contributed by atoms with Gasteiger partial charge in [-0.25, -0.2) is 0 Å². The molecular weight excluding hydrogens is 304 g/mol. The predicted octanol–water partition coefficient (Wildman–Crippen LogP) is 2.53.